The topological polar surface area (TPSA) is 25.8 Å². The lowest BCUT2D eigenvalue weighted by atomic mass is 10.0. The summed E-state index contributed by atoms with van der Waals surface area (Å²) in [6.07, 6.45) is 7.62. The van der Waals surface area contributed by atoms with E-state index >= 15 is 0 Å². The molecule has 0 atom stereocenters. The summed E-state index contributed by atoms with van der Waals surface area (Å²) in [5.74, 6) is 0. The van der Waals surface area contributed by atoms with Gasteiger partial charge in [0.15, 0.2) is 0 Å². The van der Waals surface area contributed by atoms with Crippen molar-refractivity contribution in [3.8, 4) is 11.1 Å². The van der Waals surface area contributed by atoms with Gasteiger partial charge in [0.05, 0.1) is 3.42 Å². The van der Waals surface area contributed by atoms with Gasteiger partial charge < -0.3 is 0 Å². The van der Waals surface area contributed by atoms with Gasteiger partial charge in [-0.3, -0.25) is 9.97 Å². The van der Waals surface area contributed by atoms with Gasteiger partial charge in [0.1, 0.15) is 0 Å². The fourth-order valence-corrected chi connectivity index (χ4v) is 3.01. The second kappa shape index (κ2) is 3.01. The van der Waals surface area contributed by atoms with Crippen molar-refractivity contribution in [1.82, 2.24) is 9.97 Å². The molecule has 0 bridgehead atoms. The number of rotatable bonds is 0. The number of hydrogen-bond donors (Lipinski definition) is 0. The van der Waals surface area contributed by atoms with Gasteiger partial charge in [-0.25, -0.2) is 0 Å². The van der Waals surface area contributed by atoms with Gasteiger partial charge in [-0.05, 0) is 41.3 Å². The Hall–Kier alpha value is -0.970. The predicted octanol–water partition coefficient (Wildman–Crippen LogP) is 3.16. The molecule has 1 aliphatic rings. The first-order valence-corrected chi connectivity index (χ1v) is 5.87. The van der Waals surface area contributed by atoms with E-state index in [0.29, 0.717) is 0 Å². The molecule has 2 heterocycles. The van der Waals surface area contributed by atoms with Crippen LogP contribution in [0.4, 0.5) is 0 Å². The lowest BCUT2D eigenvalue weighted by Crippen LogP contribution is -2.10. The van der Waals surface area contributed by atoms with Crippen LogP contribution in [0, 0.1) is 0 Å². The normalized spacial score (nSPS) is 15.9. The molecule has 74 valence electrons. The van der Waals surface area contributed by atoms with E-state index in [1.165, 1.54) is 22.3 Å². The van der Waals surface area contributed by atoms with Crippen LogP contribution in [0.15, 0.2) is 36.9 Å². The van der Waals surface area contributed by atoms with Crippen LogP contribution in [-0.4, -0.2) is 9.97 Å². The Morgan fingerprint density at radius 2 is 1.47 bits per heavy atom. The Labute approximate surface area is 102 Å². The molecule has 15 heavy (non-hydrogen) atoms. The molecule has 0 aliphatic heterocycles. The number of fused-ring (bicyclic) bond motifs is 3. The van der Waals surface area contributed by atoms with E-state index in [9.17, 15) is 0 Å². The van der Waals surface area contributed by atoms with E-state index in [0.717, 1.165) is 0 Å². The monoisotopic (exact) mass is 308 g/mol. The number of pyridine rings is 2. The molecule has 0 saturated heterocycles. The minimum atomic E-state index is 0.00491. The molecule has 2 nitrogen and oxygen atoms in total. The largest absolute Gasteiger partial charge is 0.264 e. The number of alkyl halides is 1. The molecule has 0 radical (unpaired) electrons. The summed E-state index contributed by atoms with van der Waals surface area (Å²) in [4.78, 5) is 8.42. The fourth-order valence-electron chi connectivity index (χ4n) is 2.15. The molecular weight excluding hydrogens is 299 g/mol. The number of hydrogen-bond acceptors (Lipinski definition) is 2. The maximum atomic E-state index is 4.21. The zero-order chi connectivity index (χ0) is 10.5. The fraction of sp³-hybridized carbons (Fsp3) is 0.167. The summed E-state index contributed by atoms with van der Waals surface area (Å²) in [6.45, 7) is 2.21. The lowest BCUT2D eigenvalue weighted by molar-refractivity contribution is 0.898. The summed E-state index contributed by atoms with van der Waals surface area (Å²) >= 11 is 2.47. The minimum Gasteiger partial charge on any atom is -0.264 e. The van der Waals surface area contributed by atoms with Crippen molar-refractivity contribution in [2.45, 2.75) is 10.3 Å². The maximum Gasteiger partial charge on any atom is 0.0732 e. The highest BCUT2D eigenvalue weighted by Crippen LogP contribution is 2.51. The van der Waals surface area contributed by atoms with Gasteiger partial charge in [-0.1, -0.05) is 22.6 Å². The second-order valence-corrected chi connectivity index (χ2v) is 6.00. The third-order valence-corrected chi connectivity index (χ3v) is 4.11. The quantitative estimate of drug-likeness (QED) is 0.552. The van der Waals surface area contributed by atoms with Crippen LogP contribution in [0.2, 0.25) is 0 Å². The Kier molecular flexibility index (Phi) is 1.86. The Morgan fingerprint density at radius 3 is 1.93 bits per heavy atom. The molecule has 2 aromatic rings. The SMILES string of the molecule is CC1(I)c2cnccc2-c2ccncc21. The molecule has 0 unspecified atom stereocenters. The Balaban J connectivity index is 2.42. The average Bonchev–Trinajstić information content (AvgIpc) is 2.51. The molecule has 0 aromatic carbocycles. The highest BCUT2D eigenvalue weighted by atomic mass is 127. The van der Waals surface area contributed by atoms with Crippen molar-refractivity contribution in [3.63, 3.8) is 0 Å². The van der Waals surface area contributed by atoms with Crippen LogP contribution in [0.5, 0.6) is 0 Å². The standard InChI is InChI=1S/C12H9IN2/c1-12(13)10-6-14-4-2-8(10)9-3-5-15-7-11(9)12/h2-7H,1H3. The summed E-state index contributed by atoms with van der Waals surface area (Å²) in [5, 5.41) is 0. The van der Waals surface area contributed by atoms with Crippen LogP contribution in [0.25, 0.3) is 11.1 Å². The van der Waals surface area contributed by atoms with Crippen LogP contribution >= 0.6 is 22.6 Å². The van der Waals surface area contributed by atoms with Gasteiger partial charge in [0.25, 0.3) is 0 Å². The molecular formula is C12H9IN2. The number of aromatic nitrogens is 2. The lowest BCUT2D eigenvalue weighted by Gasteiger charge is -2.17. The maximum absolute atomic E-state index is 4.21. The van der Waals surface area contributed by atoms with E-state index in [-0.39, 0.29) is 3.42 Å². The van der Waals surface area contributed by atoms with Crippen molar-refractivity contribution in [2.24, 2.45) is 0 Å². The summed E-state index contributed by atoms with van der Waals surface area (Å²) in [7, 11) is 0. The Bertz CT molecular complexity index is 487. The first kappa shape index (κ1) is 9.27. The number of nitrogens with zero attached hydrogens (tertiary/aromatic N) is 2. The minimum absolute atomic E-state index is 0.00491. The van der Waals surface area contributed by atoms with Crippen molar-refractivity contribution in [3.05, 3.63) is 48.0 Å². The molecule has 0 N–H and O–H groups in total. The van der Waals surface area contributed by atoms with E-state index < -0.39 is 0 Å². The van der Waals surface area contributed by atoms with Gasteiger partial charge in [-0.2, -0.15) is 0 Å². The smallest absolute Gasteiger partial charge is 0.0732 e. The predicted molar refractivity (Wildman–Crippen MR) is 67.9 cm³/mol. The van der Waals surface area contributed by atoms with Crippen molar-refractivity contribution in [2.75, 3.05) is 0 Å². The summed E-state index contributed by atoms with van der Waals surface area (Å²) in [6, 6.07) is 4.16. The van der Waals surface area contributed by atoms with E-state index in [1.807, 2.05) is 24.8 Å². The third-order valence-electron chi connectivity index (χ3n) is 2.94. The van der Waals surface area contributed by atoms with Gasteiger partial charge >= 0.3 is 0 Å². The van der Waals surface area contributed by atoms with E-state index in [4.69, 9.17) is 0 Å². The van der Waals surface area contributed by atoms with Crippen molar-refractivity contribution in [1.29, 1.82) is 0 Å². The van der Waals surface area contributed by atoms with Crippen LogP contribution in [-0.2, 0) is 3.42 Å². The third kappa shape index (κ3) is 1.16. The van der Waals surface area contributed by atoms with Gasteiger partial charge in [0.2, 0.25) is 0 Å². The summed E-state index contributed by atoms with van der Waals surface area (Å²) in [5.41, 5.74) is 5.15. The molecule has 3 heteroatoms. The zero-order valence-electron chi connectivity index (χ0n) is 8.24. The highest BCUT2D eigenvalue weighted by Gasteiger charge is 2.37. The zero-order valence-corrected chi connectivity index (χ0v) is 10.4. The average molecular weight is 308 g/mol. The van der Waals surface area contributed by atoms with Crippen molar-refractivity contribution >= 4 is 22.6 Å². The van der Waals surface area contributed by atoms with Gasteiger partial charge in [-0.15, -0.1) is 0 Å². The molecule has 2 aromatic heterocycles. The van der Waals surface area contributed by atoms with Crippen molar-refractivity contribution < 1.29 is 0 Å². The molecule has 0 fully saturated rings. The van der Waals surface area contributed by atoms with Gasteiger partial charge in [0, 0.05) is 24.8 Å². The molecule has 0 saturated carbocycles. The van der Waals surface area contributed by atoms with E-state index in [1.54, 1.807) is 0 Å². The number of halogens is 1. The van der Waals surface area contributed by atoms with Crippen LogP contribution < -0.4 is 0 Å². The molecule has 0 amide bonds. The highest BCUT2D eigenvalue weighted by molar-refractivity contribution is 14.1. The molecule has 3 rings (SSSR count). The van der Waals surface area contributed by atoms with Crippen LogP contribution in [0.1, 0.15) is 18.1 Å². The van der Waals surface area contributed by atoms with E-state index in [2.05, 4.69) is 51.6 Å². The summed E-state index contributed by atoms with van der Waals surface area (Å²) < 4.78 is 0.00491. The first-order valence-electron chi connectivity index (χ1n) is 4.79. The second-order valence-electron chi connectivity index (χ2n) is 3.85. The van der Waals surface area contributed by atoms with Crippen LogP contribution in [0.3, 0.4) is 0 Å². The first-order chi connectivity index (χ1) is 7.21. The molecule has 1 aliphatic carbocycles. The Morgan fingerprint density at radius 1 is 1.00 bits per heavy atom. The molecule has 0 spiro atoms.